The Balaban J connectivity index is 2.82. The van der Waals surface area contributed by atoms with Gasteiger partial charge < -0.3 is 16.0 Å². The second-order valence-corrected chi connectivity index (χ2v) is 4.37. The standard InChI is InChI=1S/C10H19N5/c1-10(2,6-11)14-8-5-9(15(3)4)13-7-12-8/h5,7H,6,11H2,1-4H3,(H,12,13,14). The Kier molecular flexibility index (Phi) is 3.47. The van der Waals surface area contributed by atoms with E-state index in [9.17, 15) is 0 Å². The first-order valence-electron chi connectivity index (χ1n) is 4.92. The van der Waals surface area contributed by atoms with Gasteiger partial charge in [-0.3, -0.25) is 0 Å². The van der Waals surface area contributed by atoms with Crippen molar-refractivity contribution in [2.75, 3.05) is 30.9 Å². The van der Waals surface area contributed by atoms with Crippen LogP contribution < -0.4 is 16.0 Å². The lowest BCUT2D eigenvalue weighted by Crippen LogP contribution is -2.39. The van der Waals surface area contributed by atoms with Crippen molar-refractivity contribution in [3.8, 4) is 0 Å². The minimum atomic E-state index is -0.155. The molecule has 0 saturated heterocycles. The minimum Gasteiger partial charge on any atom is -0.364 e. The summed E-state index contributed by atoms with van der Waals surface area (Å²) in [7, 11) is 3.89. The molecule has 0 atom stereocenters. The highest BCUT2D eigenvalue weighted by Gasteiger charge is 2.15. The zero-order chi connectivity index (χ0) is 11.5. The van der Waals surface area contributed by atoms with Gasteiger partial charge in [-0.1, -0.05) is 0 Å². The van der Waals surface area contributed by atoms with Crippen molar-refractivity contribution in [3.05, 3.63) is 12.4 Å². The highest BCUT2D eigenvalue weighted by Crippen LogP contribution is 2.15. The second-order valence-electron chi connectivity index (χ2n) is 4.37. The van der Waals surface area contributed by atoms with Crippen LogP contribution in [0, 0.1) is 0 Å². The number of nitrogens with two attached hydrogens (primary N) is 1. The fraction of sp³-hybridized carbons (Fsp3) is 0.600. The van der Waals surface area contributed by atoms with E-state index in [4.69, 9.17) is 5.73 Å². The number of nitrogens with zero attached hydrogens (tertiary/aromatic N) is 3. The molecule has 0 radical (unpaired) electrons. The first-order valence-corrected chi connectivity index (χ1v) is 4.92. The summed E-state index contributed by atoms with van der Waals surface area (Å²) < 4.78 is 0. The quantitative estimate of drug-likeness (QED) is 0.763. The van der Waals surface area contributed by atoms with Gasteiger partial charge in [-0.2, -0.15) is 0 Å². The van der Waals surface area contributed by atoms with Crippen LogP contribution >= 0.6 is 0 Å². The van der Waals surface area contributed by atoms with Gasteiger partial charge in [-0.25, -0.2) is 9.97 Å². The molecule has 0 aromatic carbocycles. The number of hydrogen-bond acceptors (Lipinski definition) is 5. The van der Waals surface area contributed by atoms with E-state index in [-0.39, 0.29) is 5.54 Å². The molecule has 0 bridgehead atoms. The number of nitrogens with one attached hydrogen (secondary N) is 1. The topological polar surface area (TPSA) is 67.1 Å². The van der Waals surface area contributed by atoms with Crippen molar-refractivity contribution in [2.45, 2.75) is 19.4 Å². The summed E-state index contributed by atoms with van der Waals surface area (Å²) in [6, 6.07) is 1.90. The van der Waals surface area contributed by atoms with Gasteiger partial charge in [-0.05, 0) is 13.8 Å². The lowest BCUT2D eigenvalue weighted by Gasteiger charge is -2.25. The molecule has 0 saturated carbocycles. The Morgan fingerprint density at radius 2 is 2.07 bits per heavy atom. The number of hydrogen-bond donors (Lipinski definition) is 2. The Hall–Kier alpha value is -1.36. The maximum absolute atomic E-state index is 5.64. The van der Waals surface area contributed by atoms with Crippen LogP contribution in [0.3, 0.4) is 0 Å². The van der Waals surface area contributed by atoms with E-state index in [1.807, 2.05) is 38.9 Å². The molecule has 5 heteroatoms. The number of rotatable bonds is 4. The maximum Gasteiger partial charge on any atom is 0.133 e. The van der Waals surface area contributed by atoms with Crippen molar-refractivity contribution in [3.63, 3.8) is 0 Å². The van der Waals surface area contributed by atoms with Crippen LogP contribution in [0.5, 0.6) is 0 Å². The number of anilines is 2. The largest absolute Gasteiger partial charge is 0.364 e. The smallest absolute Gasteiger partial charge is 0.133 e. The van der Waals surface area contributed by atoms with Crippen LogP contribution in [0.25, 0.3) is 0 Å². The molecule has 15 heavy (non-hydrogen) atoms. The van der Waals surface area contributed by atoms with Crippen LogP contribution in [0.1, 0.15) is 13.8 Å². The molecule has 3 N–H and O–H groups in total. The molecule has 0 fully saturated rings. The molecule has 0 amide bonds. The average Bonchev–Trinajstić information content (AvgIpc) is 2.17. The third-order valence-electron chi connectivity index (χ3n) is 2.09. The van der Waals surface area contributed by atoms with Gasteiger partial charge in [0.25, 0.3) is 0 Å². The number of aromatic nitrogens is 2. The van der Waals surface area contributed by atoms with Crippen LogP contribution in [-0.2, 0) is 0 Å². The Labute approximate surface area is 90.7 Å². The van der Waals surface area contributed by atoms with Crippen molar-refractivity contribution in [1.29, 1.82) is 0 Å². The van der Waals surface area contributed by atoms with Crippen LogP contribution in [0.15, 0.2) is 12.4 Å². The maximum atomic E-state index is 5.64. The average molecular weight is 209 g/mol. The van der Waals surface area contributed by atoms with E-state index in [1.165, 1.54) is 0 Å². The third kappa shape index (κ3) is 3.36. The minimum absolute atomic E-state index is 0.155. The summed E-state index contributed by atoms with van der Waals surface area (Å²) in [6.07, 6.45) is 1.55. The summed E-state index contributed by atoms with van der Waals surface area (Å²) in [4.78, 5) is 10.2. The third-order valence-corrected chi connectivity index (χ3v) is 2.09. The molecule has 1 rings (SSSR count). The van der Waals surface area contributed by atoms with Gasteiger partial charge in [-0.15, -0.1) is 0 Å². The van der Waals surface area contributed by atoms with Crippen molar-refractivity contribution in [2.24, 2.45) is 5.73 Å². The summed E-state index contributed by atoms with van der Waals surface area (Å²) in [5.41, 5.74) is 5.48. The molecule has 0 aliphatic rings. The molecular weight excluding hydrogens is 190 g/mol. The Morgan fingerprint density at radius 3 is 2.60 bits per heavy atom. The predicted molar refractivity (Wildman–Crippen MR) is 63.1 cm³/mol. The molecular formula is C10H19N5. The van der Waals surface area contributed by atoms with Crippen molar-refractivity contribution < 1.29 is 0 Å². The van der Waals surface area contributed by atoms with Gasteiger partial charge in [0.05, 0.1) is 0 Å². The van der Waals surface area contributed by atoms with Crippen molar-refractivity contribution in [1.82, 2.24) is 9.97 Å². The predicted octanol–water partition coefficient (Wildman–Crippen LogP) is 0.692. The highest BCUT2D eigenvalue weighted by molar-refractivity contribution is 5.48. The monoisotopic (exact) mass is 209 g/mol. The molecule has 0 unspecified atom stereocenters. The first-order chi connectivity index (χ1) is 6.94. The molecule has 5 nitrogen and oxygen atoms in total. The SMILES string of the molecule is CN(C)c1cc(NC(C)(C)CN)ncn1. The van der Waals surface area contributed by atoms with Crippen LogP contribution in [0.4, 0.5) is 11.6 Å². The van der Waals surface area contributed by atoms with Crippen LogP contribution in [0.2, 0.25) is 0 Å². The van der Waals surface area contributed by atoms with Crippen LogP contribution in [-0.4, -0.2) is 36.1 Å². The Bertz CT molecular complexity index is 321. The van der Waals surface area contributed by atoms with E-state index in [1.54, 1.807) is 6.33 Å². The molecule has 84 valence electrons. The van der Waals surface area contributed by atoms with E-state index in [2.05, 4.69) is 15.3 Å². The Morgan fingerprint density at radius 1 is 1.40 bits per heavy atom. The summed E-state index contributed by atoms with van der Waals surface area (Å²) >= 11 is 0. The second kappa shape index (κ2) is 4.44. The van der Waals surface area contributed by atoms with E-state index in [0.717, 1.165) is 11.6 Å². The summed E-state index contributed by atoms with van der Waals surface area (Å²) in [5, 5.41) is 3.26. The summed E-state index contributed by atoms with van der Waals surface area (Å²) in [5.74, 6) is 1.67. The molecule has 0 aliphatic carbocycles. The molecule has 0 aliphatic heterocycles. The zero-order valence-electron chi connectivity index (χ0n) is 9.78. The van der Waals surface area contributed by atoms with E-state index < -0.39 is 0 Å². The highest BCUT2D eigenvalue weighted by atomic mass is 15.2. The fourth-order valence-corrected chi connectivity index (χ4v) is 1.06. The van der Waals surface area contributed by atoms with E-state index >= 15 is 0 Å². The zero-order valence-corrected chi connectivity index (χ0v) is 9.78. The molecule has 0 spiro atoms. The lowest BCUT2D eigenvalue weighted by molar-refractivity contribution is 0.577. The normalized spacial score (nSPS) is 11.3. The van der Waals surface area contributed by atoms with Crippen molar-refractivity contribution >= 4 is 11.6 Å². The fourth-order valence-electron chi connectivity index (χ4n) is 1.06. The van der Waals surface area contributed by atoms with Gasteiger partial charge in [0.1, 0.15) is 18.0 Å². The first kappa shape index (κ1) is 11.7. The van der Waals surface area contributed by atoms with E-state index in [0.29, 0.717) is 6.54 Å². The van der Waals surface area contributed by atoms with Gasteiger partial charge in [0.15, 0.2) is 0 Å². The molecule has 1 aromatic heterocycles. The summed E-state index contributed by atoms with van der Waals surface area (Å²) in [6.45, 7) is 4.61. The van der Waals surface area contributed by atoms with Gasteiger partial charge >= 0.3 is 0 Å². The van der Waals surface area contributed by atoms with Gasteiger partial charge in [0.2, 0.25) is 0 Å². The lowest BCUT2D eigenvalue weighted by atomic mass is 10.1. The molecule has 1 heterocycles. The van der Waals surface area contributed by atoms with Gasteiger partial charge in [0, 0.05) is 32.2 Å². The molecule has 1 aromatic rings.